The molecule has 1 heterocycles. The van der Waals surface area contributed by atoms with Crippen LogP contribution in [-0.2, 0) is 19.9 Å². The number of aromatic nitrogens is 2. The van der Waals surface area contributed by atoms with Crippen molar-refractivity contribution in [3.8, 4) is 5.75 Å². The van der Waals surface area contributed by atoms with E-state index in [0.717, 1.165) is 35.5 Å². The van der Waals surface area contributed by atoms with Crippen molar-refractivity contribution in [2.75, 3.05) is 6.61 Å². The first-order valence-corrected chi connectivity index (χ1v) is 7.38. The number of aryl methyl sites for hydroxylation is 2. The highest BCUT2D eigenvalue weighted by Gasteiger charge is 2.14. The van der Waals surface area contributed by atoms with E-state index in [0.29, 0.717) is 6.61 Å². The average molecular weight is 288 g/mol. The van der Waals surface area contributed by atoms with Crippen molar-refractivity contribution in [2.45, 2.75) is 32.7 Å². The third-order valence-electron chi connectivity index (χ3n) is 3.58. The van der Waals surface area contributed by atoms with Crippen LogP contribution in [0.1, 0.15) is 36.8 Å². The molecule has 114 valence electrons. The van der Waals surface area contributed by atoms with Crippen molar-refractivity contribution in [1.82, 2.24) is 15.2 Å². The minimum Gasteiger partial charge on any atom is -0.494 e. The SMILES string of the molecule is CCOc1cccc(C(Cc2cc(CC)nn2C)NN)c1. The van der Waals surface area contributed by atoms with Gasteiger partial charge in [0, 0.05) is 19.2 Å². The number of nitrogens with zero attached hydrogens (tertiary/aromatic N) is 2. The Morgan fingerprint density at radius 1 is 1.33 bits per heavy atom. The predicted octanol–water partition coefficient (Wildman–Crippen LogP) is 2.13. The summed E-state index contributed by atoms with van der Waals surface area (Å²) >= 11 is 0. The molecule has 0 bridgehead atoms. The summed E-state index contributed by atoms with van der Waals surface area (Å²) in [6, 6.07) is 10.2. The zero-order valence-corrected chi connectivity index (χ0v) is 13.0. The monoisotopic (exact) mass is 288 g/mol. The maximum atomic E-state index is 5.75. The first-order valence-electron chi connectivity index (χ1n) is 7.38. The molecule has 3 N–H and O–H groups in total. The summed E-state index contributed by atoms with van der Waals surface area (Å²) in [5.41, 5.74) is 6.27. The molecule has 5 heteroatoms. The fourth-order valence-electron chi connectivity index (χ4n) is 2.41. The molecule has 0 amide bonds. The minimum atomic E-state index is 0.0329. The summed E-state index contributed by atoms with van der Waals surface area (Å²) in [6.45, 7) is 4.75. The number of benzene rings is 1. The topological polar surface area (TPSA) is 65.1 Å². The molecule has 2 aromatic rings. The average Bonchev–Trinajstić information content (AvgIpc) is 2.85. The summed E-state index contributed by atoms with van der Waals surface area (Å²) < 4.78 is 7.48. The molecular formula is C16H24N4O. The molecule has 21 heavy (non-hydrogen) atoms. The molecule has 0 saturated carbocycles. The van der Waals surface area contributed by atoms with Gasteiger partial charge in [-0.2, -0.15) is 5.10 Å². The molecule has 0 aliphatic heterocycles. The quantitative estimate of drug-likeness (QED) is 0.605. The number of nitrogens with one attached hydrogen (secondary N) is 1. The Kier molecular flexibility index (Phi) is 5.36. The molecule has 0 saturated heterocycles. The molecule has 1 aromatic carbocycles. The normalized spacial score (nSPS) is 12.4. The van der Waals surface area contributed by atoms with Crippen molar-refractivity contribution in [3.63, 3.8) is 0 Å². The predicted molar refractivity (Wildman–Crippen MR) is 84.0 cm³/mol. The van der Waals surface area contributed by atoms with Gasteiger partial charge < -0.3 is 4.74 Å². The van der Waals surface area contributed by atoms with Crippen molar-refractivity contribution >= 4 is 0 Å². The van der Waals surface area contributed by atoms with Crippen molar-refractivity contribution in [1.29, 1.82) is 0 Å². The molecule has 0 fully saturated rings. The molecule has 0 spiro atoms. The van der Waals surface area contributed by atoms with Gasteiger partial charge in [0.15, 0.2) is 0 Å². The van der Waals surface area contributed by atoms with Crippen LogP contribution in [0.25, 0.3) is 0 Å². The molecule has 0 aliphatic carbocycles. The standard InChI is InChI=1S/C16H24N4O/c1-4-13-10-14(20(3)19-13)11-16(18-17)12-7-6-8-15(9-12)21-5-2/h6-10,16,18H,4-5,11,17H2,1-3H3. The Morgan fingerprint density at radius 3 is 2.76 bits per heavy atom. The number of nitrogens with two attached hydrogens (primary N) is 1. The Morgan fingerprint density at radius 2 is 2.14 bits per heavy atom. The van der Waals surface area contributed by atoms with Crippen LogP contribution < -0.4 is 16.0 Å². The van der Waals surface area contributed by atoms with E-state index < -0.39 is 0 Å². The maximum absolute atomic E-state index is 5.75. The van der Waals surface area contributed by atoms with Gasteiger partial charge >= 0.3 is 0 Å². The smallest absolute Gasteiger partial charge is 0.119 e. The third-order valence-corrected chi connectivity index (χ3v) is 3.58. The van der Waals surface area contributed by atoms with Gasteiger partial charge in [-0.25, -0.2) is 0 Å². The van der Waals surface area contributed by atoms with E-state index in [4.69, 9.17) is 10.6 Å². The van der Waals surface area contributed by atoms with Gasteiger partial charge in [0.1, 0.15) is 5.75 Å². The summed E-state index contributed by atoms with van der Waals surface area (Å²) in [5, 5.41) is 4.48. The molecule has 1 atom stereocenters. The van der Waals surface area contributed by atoms with E-state index >= 15 is 0 Å². The van der Waals surface area contributed by atoms with Gasteiger partial charge in [-0.1, -0.05) is 19.1 Å². The molecule has 1 unspecified atom stereocenters. The first-order chi connectivity index (χ1) is 10.2. The number of hydrogen-bond acceptors (Lipinski definition) is 4. The largest absolute Gasteiger partial charge is 0.494 e. The number of hydrogen-bond donors (Lipinski definition) is 2. The van der Waals surface area contributed by atoms with Crippen molar-refractivity contribution in [2.24, 2.45) is 12.9 Å². The van der Waals surface area contributed by atoms with E-state index in [2.05, 4.69) is 29.6 Å². The Hall–Kier alpha value is -1.85. The maximum Gasteiger partial charge on any atom is 0.119 e. The fourth-order valence-corrected chi connectivity index (χ4v) is 2.41. The van der Waals surface area contributed by atoms with Crippen LogP contribution in [0.15, 0.2) is 30.3 Å². The highest BCUT2D eigenvalue weighted by molar-refractivity contribution is 5.31. The van der Waals surface area contributed by atoms with Crippen LogP contribution in [0.2, 0.25) is 0 Å². The summed E-state index contributed by atoms with van der Waals surface area (Å²) in [5.74, 6) is 6.62. The van der Waals surface area contributed by atoms with Gasteiger partial charge in [-0.15, -0.1) is 0 Å². The lowest BCUT2D eigenvalue weighted by atomic mass is 10.0. The summed E-state index contributed by atoms with van der Waals surface area (Å²) in [4.78, 5) is 0. The van der Waals surface area contributed by atoms with Gasteiger partial charge in [-0.05, 0) is 37.1 Å². The van der Waals surface area contributed by atoms with Gasteiger partial charge in [-0.3, -0.25) is 16.0 Å². The van der Waals surface area contributed by atoms with Crippen LogP contribution in [0, 0.1) is 0 Å². The zero-order chi connectivity index (χ0) is 15.2. The van der Waals surface area contributed by atoms with Crippen LogP contribution >= 0.6 is 0 Å². The Labute approximate surface area is 126 Å². The van der Waals surface area contributed by atoms with Crippen LogP contribution in [-0.4, -0.2) is 16.4 Å². The Bertz CT molecular complexity index is 579. The molecule has 0 radical (unpaired) electrons. The van der Waals surface area contributed by atoms with E-state index in [1.807, 2.05) is 36.9 Å². The number of ether oxygens (including phenoxy) is 1. The van der Waals surface area contributed by atoms with E-state index in [9.17, 15) is 0 Å². The van der Waals surface area contributed by atoms with E-state index in [1.54, 1.807) is 0 Å². The lowest BCUT2D eigenvalue weighted by Gasteiger charge is -2.17. The molecular weight excluding hydrogens is 264 g/mol. The zero-order valence-electron chi connectivity index (χ0n) is 13.0. The lowest BCUT2D eigenvalue weighted by molar-refractivity contribution is 0.339. The van der Waals surface area contributed by atoms with Crippen LogP contribution in [0.4, 0.5) is 0 Å². The van der Waals surface area contributed by atoms with E-state index in [-0.39, 0.29) is 6.04 Å². The lowest BCUT2D eigenvalue weighted by Crippen LogP contribution is -2.30. The van der Waals surface area contributed by atoms with Crippen LogP contribution in [0.3, 0.4) is 0 Å². The molecule has 5 nitrogen and oxygen atoms in total. The molecule has 1 aromatic heterocycles. The second kappa shape index (κ2) is 7.24. The summed E-state index contributed by atoms with van der Waals surface area (Å²) in [7, 11) is 1.97. The van der Waals surface area contributed by atoms with Gasteiger partial charge in [0.25, 0.3) is 0 Å². The third kappa shape index (κ3) is 3.83. The van der Waals surface area contributed by atoms with Gasteiger partial charge in [0.05, 0.1) is 18.3 Å². The van der Waals surface area contributed by atoms with Gasteiger partial charge in [0.2, 0.25) is 0 Å². The molecule has 2 rings (SSSR count). The highest BCUT2D eigenvalue weighted by Crippen LogP contribution is 2.22. The second-order valence-electron chi connectivity index (χ2n) is 5.03. The molecule has 0 aliphatic rings. The minimum absolute atomic E-state index is 0.0329. The second-order valence-corrected chi connectivity index (χ2v) is 5.03. The Balaban J connectivity index is 2.19. The summed E-state index contributed by atoms with van der Waals surface area (Å²) in [6.07, 6.45) is 1.73. The number of rotatable bonds is 7. The van der Waals surface area contributed by atoms with Crippen LogP contribution in [0.5, 0.6) is 5.75 Å². The van der Waals surface area contributed by atoms with E-state index in [1.165, 1.54) is 0 Å². The highest BCUT2D eigenvalue weighted by atomic mass is 16.5. The number of hydrazine groups is 1. The fraction of sp³-hybridized carbons (Fsp3) is 0.438. The van der Waals surface area contributed by atoms with Crippen molar-refractivity contribution in [3.05, 3.63) is 47.3 Å². The van der Waals surface area contributed by atoms with Crippen molar-refractivity contribution < 1.29 is 4.74 Å². The first kappa shape index (κ1) is 15.5.